The van der Waals surface area contributed by atoms with E-state index in [0.717, 1.165) is 25.8 Å². The lowest BCUT2D eigenvalue weighted by molar-refractivity contribution is -0.385. The van der Waals surface area contributed by atoms with E-state index in [4.69, 9.17) is 0 Å². The molecule has 1 saturated heterocycles. The Morgan fingerprint density at radius 3 is 2.95 bits per heavy atom. The molecule has 2 atom stereocenters. The number of piperidine rings is 1. The predicted octanol–water partition coefficient (Wildman–Crippen LogP) is 1.99. The van der Waals surface area contributed by atoms with Crippen LogP contribution in [0.25, 0.3) is 0 Å². The van der Waals surface area contributed by atoms with Gasteiger partial charge in [-0.3, -0.25) is 14.9 Å². The van der Waals surface area contributed by atoms with Gasteiger partial charge in [-0.15, -0.1) is 0 Å². The second-order valence-corrected chi connectivity index (χ2v) is 5.41. The van der Waals surface area contributed by atoms with Crippen molar-refractivity contribution in [1.82, 2.24) is 10.6 Å². The molecule has 114 valence electrons. The molecule has 1 aliphatic heterocycles. The van der Waals surface area contributed by atoms with Crippen molar-refractivity contribution in [3.63, 3.8) is 0 Å². The zero-order valence-corrected chi connectivity index (χ0v) is 12.2. The summed E-state index contributed by atoms with van der Waals surface area (Å²) in [6, 6.07) is 6.29. The van der Waals surface area contributed by atoms with E-state index in [1.807, 2.05) is 0 Å². The Kier molecular flexibility index (Phi) is 5.27. The molecule has 1 heterocycles. The van der Waals surface area contributed by atoms with E-state index in [9.17, 15) is 14.9 Å². The van der Waals surface area contributed by atoms with Crippen LogP contribution in [-0.2, 0) is 11.3 Å². The lowest BCUT2D eigenvalue weighted by atomic mass is 9.90. The summed E-state index contributed by atoms with van der Waals surface area (Å²) in [4.78, 5) is 22.7. The first-order valence-electron chi connectivity index (χ1n) is 7.35. The molecule has 0 spiro atoms. The Bertz CT molecular complexity index is 519. The van der Waals surface area contributed by atoms with Crippen molar-refractivity contribution in [3.05, 3.63) is 39.9 Å². The van der Waals surface area contributed by atoms with Crippen LogP contribution in [0.4, 0.5) is 5.69 Å². The summed E-state index contributed by atoms with van der Waals surface area (Å²) in [7, 11) is 0. The summed E-state index contributed by atoms with van der Waals surface area (Å²) in [5.74, 6) is 0.499. The van der Waals surface area contributed by atoms with E-state index in [1.54, 1.807) is 18.2 Å². The molecular formula is C15H21N3O3. The lowest BCUT2D eigenvalue weighted by Crippen LogP contribution is -2.48. The van der Waals surface area contributed by atoms with Crippen LogP contribution in [0.3, 0.4) is 0 Å². The number of para-hydroxylation sites is 1. The quantitative estimate of drug-likeness (QED) is 0.642. The molecule has 21 heavy (non-hydrogen) atoms. The van der Waals surface area contributed by atoms with Gasteiger partial charge in [-0.2, -0.15) is 0 Å². The van der Waals surface area contributed by atoms with Gasteiger partial charge in [0.2, 0.25) is 5.91 Å². The summed E-state index contributed by atoms with van der Waals surface area (Å²) in [6.45, 7) is 3.17. The summed E-state index contributed by atoms with van der Waals surface area (Å²) in [5, 5.41) is 16.9. The largest absolute Gasteiger partial charge is 0.350 e. The van der Waals surface area contributed by atoms with Crippen LogP contribution in [0, 0.1) is 16.0 Å². The number of hydrogen-bond donors (Lipinski definition) is 2. The number of hydrogen-bond acceptors (Lipinski definition) is 4. The third kappa shape index (κ3) is 4.01. The van der Waals surface area contributed by atoms with Gasteiger partial charge in [-0.1, -0.05) is 31.5 Å². The molecule has 1 fully saturated rings. The molecule has 2 rings (SSSR count). The van der Waals surface area contributed by atoms with E-state index in [0.29, 0.717) is 11.5 Å². The van der Waals surface area contributed by atoms with Crippen LogP contribution in [-0.4, -0.2) is 23.4 Å². The lowest BCUT2D eigenvalue weighted by Gasteiger charge is -2.28. The summed E-state index contributed by atoms with van der Waals surface area (Å²) in [6.07, 6.45) is 3.01. The van der Waals surface area contributed by atoms with Crippen LogP contribution in [0.2, 0.25) is 0 Å². The third-order valence-corrected chi connectivity index (χ3v) is 4.05. The molecule has 1 amide bonds. The van der Waals surface area contributed by atoms with Gasteiger partial charge in [0.15, 0.2) is 0 Å². The highest BCUT2D eigenvalue weighted by atomic mass is 16.6. The third-order valence-electron chi connectivity index (χ3n) is 4.05. The molecule has 0 aliphatic carbocycles. The fourth-order valence-electron chi connectivity index (χ4n) is 2.71. The number of carbonyl (C=O) groups is 1. The molecule has 0 radical (unpaired) electrons. The first kappa shape index (κ1) is 15.4. The minimum absolute atomic E-state index is 0.0424. The van der Waals surface area contributed by atoms with Crippen LogP contribution in [0.5, 0.6) is 0 Å². The number of nitro groups is 1. The van der Waals surface area contributed by atoms with Gasteiger partial charge in [0.25, 0.3) is 5.69 Å². The summed E-state index contributed by atoms with van der Waals surface area (Å²) >= 11 is 0. The Labute approximate surface area is 124 Å². The van der Waals surface area contributed by atoms with E-state index >= 15 is 0 Å². The van der Waals surface area contributed by atoms with Crippen molar-refractivity contribution in [1.29, 1.82) is 0 Å². The second-order valence-electron chi connectivity index (χ2n) is 5.41. The van der Waals surface area contributed by atoms with Crippen molar-refractivity contribution in [2.45, 2.75) is 38.8 Å². The van der Waals surface area contributed by atoms with Crippen LogP contribution in [0.15, 0.2) is 24.3 Å². The second kappa shape index (κ2) is 7.17. The highest BCUT2D eigenvalue weighted by Crippen LogP contribution is 2.20. The molecule has 2 unspecified atom stereocenters. The molecule has 2 N–H and O–H groups in total. The molecule has 1 aromatic carbocycles. The van der Waals surface area contributed by atoms with E-state index in [2.05, 4.69) is 17.6 Å². The van der Waals surface area contributed by atoms with E-state index in [1.165, 1.54) is 6.07 Å². The number of amides is 1. The SMILES string of the molecule is CCC1CCNC(C(=O)NCc2ccccc2[N+](=O)[O-])C1. The minimum atomic E-state index is -0.423. The van der Waals surface area contributed by atoms with E-state index in [-0.39, 0.29) is 24.2 Å². The van der Waals surface area contributed by atoms with Gasteiger partial charge in [-0.05, 0) is 25.3 Å². The predicted molar refractivity (Wildman–Crippen MR) is 79.7 cm³/mol. The minimum Gasteiger partial charge on any atom is -0.350 e. The maximum absolute atomic E-state index is 12.2. The van der Waals surface area contributed by atoms with Gasteiger partial charge in [0, 0.05) is 18.2 Å². The topological polar surface area (TPSA) is 84.3 Å². The number of rotatable bonds is 5. The first-order chi connectivity index (χ1) is 10.1. The molecule has 0 aromatic heterocycles. The molecular weight excluding hydrogens is 270 g/mol. The van der Waals surface area contributed by atoms with Crippen molar-refractivity contribution < 1.29 is 9.72 Å². The van der Waals surface area contributed by atoms with Crippen LogP contribution in [0.1, 0.15) is 31.7 Å². The number of nitrogens with one attached hydrogen (secondary N) is 2. The van der Waals surface area contributed by atoms with Crippen molar-refractivity contribution in [3.8, 4) is 0 Å². The fourth-order valence-corrected chi connectivity index (χ4v) is 2.71. The maximum Gasteiger partial charge on any atom is 0.274 e. The zero-order valence-electron chi connectivity index (χ0n) is 12.2. The van der Waals surface area contributed by atoms with Gasteiger partial charge >= 0.3 is 0 Å². The Hall–Kier alpha value is -1.95. The Morgan fingerprint density at radius 1 is 1.48 bits per heavy atom. The molecule has 0 bridgehead atoms. The summed E-state index contributed by atoms with van der Waals surface area (Å²) < 4.78 is 0. The molecule has 6 nitrogen and oxygen atoms in total. The summed E-state index contributed by atoms with van der Waals surface area (Å²) in [5.41, 5.74) is 0.569. The van der Waals surface area contributed by atoms with Gasteiger partial charge in [0.1, 0.15) is 0 Å². The van der Waals surface area contributed by atoms with E-state index < -0.39 is 4.92 Å². The van der Waals surface area contributed by atoms with Crippen molar-refractivity contribution in [2.24, 2.45) is 5.92 Å². The standard InChI is InChI=1S/C15H21N3O3/c1-2-11-7-8-16-13(9-11)15(19)17-10-12-5-3-4-6-14(12)18(20)21/h3-6,11,13,16H,2,7-10H2,1H3,(H,17,19). The van der Waals surface area contributed by atoms with Crippen LogP contribution >= 0.6 is 0 Å². The Morgan fingerprint density at radius 2 is 2.24 bits per heavy atom. The van der Waals surface area contributed by atoms with Gasteiger partial charge < -0.3 is 10.6 Å². The van der Waals surface area contributed by atoms with Gasteiger partial charge in [0.05, 0.1) is 11.0 Å². The molecule has 1 aromatic rings. The zero-order chi connectivity index (χ0) is 15.2. The number of carbonyl (C=O) groups excluding carboxylic acids is 1. The highest BCUT2D eigenvalue weighted by Gasteiger charge is 2.26. The van der Waals surface area contributed by atoms with Crippen molar-refractivity contribution >= 4 is 11.6 Å². The number of nitro benzene ring substituents is 1. The molecule has 6 heteroatoms. The first-order valence-corrected chi connectivity index (χ1v) is 7.35. The van der Waals surface area contributed by atoms with Crippen LogP contribution < -0.4 is 10.6 Å². The Balaban J connectivity index is 1.94. The number of benzene rings is 1. The average molecular weight is 291 g/mol. The number of nitrogens with zero attached hydrogens (tertiary/aromatic N) is 1. The monoisotopic (exact) mass is 291 g/mol. The average Bonchev–Trinajstić information content (AvgIpc) is 2.52. The molecule has 1 aliphatic rings. The molecule has 0 saturated carbocycles. The maximum atomic E-state index is 12.2. The highest BCUT2D eigenvalue weighted by molar-refractivity contribution is 5.81. The normalized spacial score (nSPS) is 21.8. The fraction of sp³-hybridized carbons (Fsp3) is 0.533. The van der Waals surface area contributed by atoms with Crippen molar-refractivity contribution in [2.75, 3.05) is 6.54 Å². The smallest absolute Gasteiger partial charge is 0.274 e. The van der Waals surface area contributed by atoms with Gasteiger partial charge in [-0.25, -0.2) is 0 Å².